The van der Waals surface area contributed by atoms with Gasteiger partial charge >= 0.3 is 0 Å². The van der Waals surface area contributed by atoms with Crippen molar-refractivity contribution in [3.63, 3.8) is 0 Å². The molecule has 1 aliphatic heterocycles. The summed E-state index contributed by atoms with van der Waals surface area (Å²) < 4.78 is 45.1. The summed E-state index contributed by atoms with van der Waals surface area (Å²) in [7, 11) is 0. The number of benzene rings is 1. The fraction of sp³-hybridized carbons (Fsp3) is 0.429. The molecule has 0 radical (unpaired) electrons. The summed E-state index contributed by atoms with van der Waals surface area (Å²) >= 11 is 0. The van der Waals surface area contributed by atoms with E-state index in [1.165, 1.54) is 0 Å². The Balaban J connectivity index is 2.36. The van der Waals surface area contributed by atoms with Crippen LogP contribution >= 0.6 is 0 Å². The summed E-state index contributed by atoms with van der Waals surface area (Å²) in [5.41, 5.74) is 6.40. The van der Waals surface area contributed by atoms with E-state index < -0.39 is 22.9 Å². The van der Waals surface area contributed by atoms with Crippen LogP contribution in [0.2, 0.25) is 0 Å². The van der Waals surface area contributed by atoms with Crippen LogP contribution in [0.15, 0.2) is 23.6 Å². The fourth-order valence-electron chi connectivity index (χ4n) is 2.15. The Morgan fingerprint density at radius 3 is 2.37 bits per heavy atom. The van der Waals surface area contributed by atoms with E-state index in [0.29, 0.717) is 24.3 Å². The minimum absolute atomic E-state index is 0.209. The Bertz CT molecular complexity index is 500. The van der Waals surface area contributed by atoms with E-state index >= 15 is 0 Å². The average molecular weight is 271 g/mol. The van der Waals surface area contributed by atoms with Crippen molar-refractivity contribution in [3.05, 3.63) is 46.6 Å². The van der Waals surface area contributed by atoms with Crippen LogP contribution in [0.1, 0.15) is 32.3 Å². The van der Waals surface area contributed by atoms with E-state index in [9.17, 15) is 13.2 Å². The molecule has 19 heavy (non-hydrogen) atoms. The van der Waals surface area contributed by atoms with Gasteiger partial charge in [0.15, 0.2) is 23.3 Å². The van der Waals surface area contributed by atoms with Crippen molar-refractivity contribution in [1.82, 2.24) is 0 Å². The molecule has 0 aliphatic carbocycles. The summed E-state index contributed by atoms with van der Waals surface area (Å²) in [6, 6.07) is 2.05. The highest BCUT2D eigenvalue weighted by molar-refractivity contribution is 5.28. The van der Waals surface area contributed by atoms with Gasteiger partial charge in [0.1, 0.15) is 0 Å². The monoisotopic (exact) mass is 271 g/mol. The van der Waals surface area contributed by atoms with Gasteiger partial charge in [-0.25, -0.2) is 13.2 Å². The van der Waals surface area contributed by atoms with Crippen molar-refractivity contribution in [2.24, 2.45) is 5.73 Å². The van der Waals surface area contributed by atoms with Gasteiger partial charge in [0.05, 0.1) is 6.61 Å². The second kappa shape index (κ2) is 4.79. The summed E-state index contributed by atoms with van der Waals surface area (Å²) in [6.07, 6.45) is 1.30. The third-order valence-corrected chi connectivity index (χ3v) is 3.70. The first-order chi connectivity index (χ1) is 8.83. The van der Waals surface area contributed by atoms with Gasteiger partial charge in [-0.15, -0.1) is 0 Å². The topological polar surface area (TPSA) is 35.2 Å². The van der Waals surface area contributed by atoms with Gasteiger partial charge in [0.2, 0.25) is 0 Å². The minimum atomic E-state index is -1.45. The number of hydrogen-bond donors (Lipinski definition) is 1. The summed E-state index contributed by atoms with van der Waals surface area (Å²) in [5.74, 6) is -3.46. The average Bonchev–Trinajstić information content (AvgIpc) is 2.50. The van der Waals surface area contributed by atoms with E-state index in [0.717, 1.165) is 17.7 Å². The zero-order chi connectivity index (χ0) is 14.2. The molecule has 0 spiro atoms. The van der Waals surface area contributed by atoms with E-state index in [4.69, 9.17) is 10.5 Å². The molecule has 1 aromatic carbocycles. The Morgan fingerprint density at radius 2 is 1.79 bits per heavy atom. The molecule has 1 heterocycles. The van der Waals surface area contributed by atoms with Crippen LogP contribution in [-0.4, -0.2) is 6.61 Å². The molecule has 2 N–H and O–H groups in total. The Hall–Kier alpha value is -1.65. The predicted octanol–water partition coefficient (Wildman–Crippen LogP) is 3.36. The molecular formula is C14H16F3NO. The maximum Gasteiger partial charge on any atom is 0.194 e. The van der Waals surface area contributed by atoms with Crippen LogP contribution in [0.3, 0.4) is 0 Å². The van der Waals surface area contributed by atoms with E-state index in [1.807, 2.05) is 13.8 Å². The van der Waals surface area contributed by atoms with Gasteiger partial charge in [-0.2, -0.15) is 0 Å². The molecular weight excluding hydrogens is 255 g/mol. The third kappa shape index (κ3) is 2.55. The lowest BCUT2D eigenvalue weighted by atomic mass is 9.78. The fourth-order valence-corrected chi connectivity index (χ4v) is 2.15. The molecule has 0 saturated heterocycles. The molecule has 0 amide bonds. The Labute approximate surface area is 110 Å². The van der Waals surface area contributed by atoms with Crippen molar-refractivity contribution < 1.29 is 17.9 Å². The molecule has 104 valence electrons. The number of ether oxygens (including phenoxy) is 1. The lowest BCUT2D eigenvalue weighted by Gasteiger charge is -2.28. The van der Waals surface area contributed by atoms with Gasteiger partial charge in [-0.05, 0) is 43.0 Å². The molecule has 2 rings (SSSR count). The first-order valence-electron chi connectivity index (χ1n) is 6.06. The summed E-state index contributed by atoms with van der Waals surface area (Å²) in [6.45, 7) is 3.89. The van der Waals surface area contributed by atoms with E-state index in [2.05, 4.69) is 0 Å². The molecule has 0 saturated carbocycles. The molecule has 5 heteroatoms. The second-order valence-corrected chi connectivity index (χ2v) is 5.25. The normalized spacial score (nSPS) is 24.1. The molecule has 1 aliphatic rings. The van der Waals surface area contributed by atoms with Crippen LogP contribution < -0.4 is 5.73 Å². The van der Waals surface area contributed by atoms with Crippen LogP contribution in [0, 0.1) is 17.5 Å². The molecule has 2 nitrogen and oxygen atoms in total. The lowest BCUT2D eigenvalue weighted by molar-refractivity contribution is 0.151. The van der Waals surface area contributed by atoms with Gasteiger partial charge in [0, 0.05) is 5.41 Å². The maximum atomic E-state index is 13.3. The standard InChI is InChI=1S/C14H16F3NO/c1-8-3-4-14(2,7-19-13(8)18)9-5-10(15)12(17)11(16)6-9/h5-6H,3-4,7,18H2,1-2H3. The first kappa shape index (κ1) is 13.8. The van der Waals surface area contributed by atoms with Crippen LogP contribution in [0.5, 0.6) is 0 Å². The molecule has 0 bridgehead atoms. The Morgan fingerprint density at radius 1 is 1.21 bits per heavy atom. The van der Waals surface area contributed by atoms with E-state index in [1.54, 1.807) is 0 Å². The molecule has 1 aromatic rings. The highest BCUT2D eigenvalue weighted by atomic mass is 19.2. The molecule has 1 unspecified atom stereocenters. The third-order valence-electron chi connectivity index (χ3n) is 3.70. The van der Waals surface area contributed by atoms with Gasteiger partial charge in [-0.1, -0.05) is 6.92 Å². The van der Waals surface area contributed by atoms with Crippen LogP contribution in [0.25, 0.3) is 0 Å². The molecule has 0 fully saturated rings. The number of hydrogen-bond acceptors (Lipinski definition) is 2. The molecule has 1 atom stereocenters. The van der Waals surface area contributed by atoms with Gasteiger partial charge in [0.25, 0.3) is 0 Å². The lowest BCUT2D eigenvalue weighted by Crippen LogP contribution is -2.28. The number of rotatable bonds is 1. The van der Waals surface area contributed by atoms with E-state index in [-0.39, 0.29) is 6.61 Å². The van der Waals surface area contributed by atoms with Crippen molar-refractivity contribution in [3.8, 4) is 0 Å². The number of halogens is 3. The van der Waals surface area contributed by atoms with Crippen molar-refractivity contribution in [2.45, 2.75) is 32.1 Å². The molecule has 0 aromatic heterocycles. The second-order valence-electron chi connectivity index (χ2n) is 5.25. The van der Waals surface area contributed by atoms with Crippen LogP contribution in [0.4, 0.5) is 13.2 Å². The van der Waals surface area contributed by atoms with Gasteiger partial charge < -0.3 is 10.5 Å². The minimum Gasteiger partial charge on any atom is -0.478 e. The zero-order valence-electron chi connectivity index (χ0n) is 10.9. The number of allylic oxidation sites excluding steroid dienone is 1. The van der Waals surface area contributed by atoms with Gasteiger partial charge in [-0.3, -0.25) is 0 Å². The largest absolute Gasteiger partial charge is 0.478 e. The Kier molecular flexibility index (Phi) is 3.47. The number of nitrogens with two attached hydrogens (primary N) is 1. The highest BCUT2D eigenvalue weighted by Gasteiger charge is 2.32. The smallest absolute Gasteiger partial charge is 0.194 e. The quantitative estimate of drug-likeness (QED) is 0.795. The maximum absolute atomic E-state index is 13.3. The van der Waals surface area contributed by atoms with Crippen molar-refractivity contribution in [1.29, 1.82) is 0 Å². The predicted molar refractivity (Wildman–Crippen MR) is 65.7 cm³/mol. The van der Waals surface area contributed by atoms with Crippen molar-refractivity contribution in [2.75, 3.05) is 6.61 Å². The zero-order valence-corrected chi connectivity index (χ0v) is 10.9. The summed E-state index contributed by atoms with van der Waals surface area (Å²) in [5, 5.41) is 0. The SMILES string of the molecule is CC1=C(N)OCC(C)(c2cc(F)c(F)c(F)c2)CC1. The van der Waals surface area contributed by atoms with Crippen LogP contribution in [-0.2, 0) is 10.2 Å². The first-order valence-corrected chi connectivity index (χ1v) is 6.06. The van der Waals surface area contributed by atoms with Crippen molar-refractivity contribution >= 4 is 0 Å². The highest BCUT2D eigenvalue weighted by Crippen LogP contribution is 2.35. The summed E-state index contributed by atoms with van der Waals surface area (Å²) in [4.78, 5) is 0.